The van der Waals surface area contributed by atoms with E-state index in [1.807, 2.05) is 67.6 Å². The predicted molar refractivity (Wildman–Crippen MR) is 160 cm³/mol. The lowest BCUT2D eigenvalue weighted by Crippen LogP contribution is -2.38. The van der Waals surface area contributed by atoms with Gasteiger partial charge in [-0.3, -0.25) is 9.59 Å². The number of hydrogen-bond acceptors (Lipinski definition) is 5. The van der Waals surface area contributed by atoms with Gasteiger partial charge in [-0.25, -0.2) is 0 Å². The molecule has 3 aliphatic rings. The zero-order valence-electron chi connectivity index (χ0n) is 23.3. The van der Waals surface area contributed by atoms with Crippen molar-refractivity contribution in [2.24, 2.45) is 0 Å². The van der Waals surface area contributed by atoms with Crippen molar-refractivity contribution in [1.82, 2.24) is 4.90 Å². The van der Waals surface area contributed by atoms with Gasteiger partial charge in [-0.15, -0.1) is 0 Å². The highest BCUT2D eigenvalue weighted by Crippen LogP contribution is 2.50. The van der Waals surface area contributed by atoms with E-state index in [1.165, 1.54) is 5.56 Å². The van der Waals surface area contributed by atoms with Crippen molar-refractivity contribution in [3.05, 3.63) is 117 Å². The lowest BCUT2D eigenvalue weighted by Gasteiger charge is -2.44. The molecule has 210 valence electrons. The molecular weight excluding hydrogens is 534 g/mol. The third-order valence-electron chi connectivity index (χ3n) is 8.21. The van der Waals surface area contributed by atoms with Crippen molar-refractivity contribution < 1.29 is 19.1 Å². The summed E-state index contributed by atoms with van der Waals surface area (Å²) in [6, 6.07) is 23.7. The van der Waals surface area contributed by atoms with Crippen molar-refractivity contribution in [2.45, 2.75) is 64.5 Å². The summed E-state index contributed by atoms with van der Waals surface area (Å²) < 4.78 is 12.2. The fourth-order valence-corrected chi connectivity index (χ4v) is 6.56. The fraction of sp³-hybridized carbons (Fsp3) is 0.314. The van der Waals surface area contributed by atoms with Crippen LogP contribution in [0.1, 0.15) is 68.1 Å². The molecular formula is C35H34ClNO4. The summed E-state index contributed by atoms with van der Waals surface area (Å²) in [5.74, 6) is 1.07. The molecule has 1 heterocycles. The smallest absolute Gasteiger partial charge is 0.161 e. The SMILES string of the molecule is CCOc1cc(C2C3=C(CCCC3=O)N(Cc3ccccc3)C3=C2C(=O)CCC3)ccc1OCc1ccccc1Cl. The molecule has 6 rings (SSSR count). The highest BCUT2D eigenvalue weighted by atomic mass is 35.5. The van der Waals surface area contributed by atoms with Crippen LogP contribution in [0.4, 0.5) is 0 Å². The lowest BCUT2D eigenvalue weighted by atomic mass is 9.71. The zero-order valence-corrected chi connectivity index (χ0v) is 24.1. The number of benzene rings is 3. The number of ketones is 2. The molecule has 0 unspecified atom stereocenters. The molecule has 0 atom stereocenters. The van der Waals surface area contributed by atoms with Gasteiger partial charge in [0, 0.05) is 58.4 Å². The van der Waals surface area contributed by atoms with Gasteiger partial charge in [0.25, 0.3) is 0 Å². The van der Waals surface area contributed by atoms with Crippen LogP contribution in [0, 0.1) is 0 Å². The van der Waals surface area contributed by atoms with E-state index >= 15 is 0 Å². The van der Waals surface area contributed by atoms with Crippen molar-refractivity contribution in [2.75, 3.05) is 6.61 Å². The summed E-state index contributed by atoms with van der Waals surface area (Å²) in [6.45, 7) is 3.35. The van der Waals surface area contributed by atoms with E-state index in [9.17, 15) is 9.59 Å². The molecule has 0 saturated carbocycles. The number of nitrogens with zero attached hydrogens (tertiary/aromatic N) is 1. The minimum Gasteiger partial charge on any atom is -0.490 e. The first kappa shape index (κ1) is 27.3. The minimum absolute atomic E-state index is 0.135. The number of ether oxygens (including phenoxy) is 2. The second-order valence-corrected chi connectivity index (χ2v) is 11.2. The fourth-order valence-electron chi connectivity index (χ4n) is 6.37. The third-order valence-corrected chi connectivity index (χ3v) is 8.58. The average molecular weight is 568 g/mol. The quantitative estimate of drug-likeness (QED) is 0.276. The van der Waals surface area contributed by atoms with Gasteiger partial charge in [0.15, 0.2) is 23.1 Å². The monoisotopic (exact) mass is 567 g/mol. The molecule has 5 nitrogen and oxygen atoms in total. The maximum absolute atomic E-state index is 13.7. The van der Waals surface area contributed by atoms with Crippen LogP contribution in [0.5, 0.6) is 11.5 Å². The van der Waals surface area contributed by atoms with Crippen LogP contribution in [0.2, 0.25) is 5.02 Å². The van der Waals surface area contributed by atoms with E-state index in [2.05, 4.69) is 17.0 Å². The number of carbonyl (C=O) groups excluding carboxylic acids is 2. The summed E-state index contributed by atoms with van der Waals surface area (Å²) >= 11 is 6.35. The van der Waals surface area contributed by atoms with Crippen LogP contribution < -0.4 is 9.47 Å². The molecule has 0 fully saturated rings. The topological polar surface area (TPSA) is 55.8 Å². The molecule has 3 aromatic rings. The van der Waals surface area contributed by atoms with Gasteiger partial charge < -0.3 is 14.4 Å². The standard InChI is InChI=1S/C35H34ClNO4/c1-2-40-32-20-24(18-19-31(32)41-22-25-12-6-7-13-26(25)36)33-34-27(14-8-16-29(34)38)37(21-23-10-4-3-5-11-23)28-15-9-17-30(39)35(28)33/h3-7,10-13,18-20,33H,2,8-9,14-17,21-22H2,1H3. The Balaban J connectivity index is 1.43. The Morgan fingerprint density at radius 2 is 1.44 bits per heavy atom. The summed E-state index contributed by atoms with van der Waals surface area (Å²) in [5, 5.41) is 0.648. The van der Waals surface area contributed by atoms with E-state index < -0.39 is 5.92 Å². The van der Waals surface area contributed by atoms with Crippen LogP contribution in [0.25, 0.3) is 0 Å². The van der Waals surface area contributed by atoms with Gasteiger partial charge in [0.1, 0.15) is 6.61 Å². The largest absolute Gasteiger partial charge is 0.490 e. The Kier molecular flexibility index (Phi) is 7.97. The van der Waals surface area contributed by atoms with Crippen molar-refractivity contribution in [1.29, 1.82) is 0 Å². The van der Waals surface area contributed by atoms with Gasteiger partial charge in [0.2, 0.25) is 0 Å². The Morgan fingerprint density at radius 3 is 2.10 bits per heavy atom. The Morgan fingerprint density at radius 1 is 0.780 bits per heavy atom. The van der Waals surface area contributed by atoms with Crippen LogP contribution in [-0.4, -0.2) is 23.1 Å². The number of halogens is 1. The van der Waals surface area contributed by atoms with E-state index in [0.717, 1.165) is 59.4 Å². The van der Waals surface area contributed by atoms with Crippen LogP contribution in [0.15, 0.2) is 95.3 Å². The second-order valence-electron chi connectivity index (χ2n) is 10.8. The molecule has 6 heteroatoms. The Hall–Kier alpha value is -3.83. The summed E-state index contributed by atoms with van der Waals surface area (Å²) in [6.07, 6.45) is 4.31. The number of carbonyl (C=O) groups is 2. The van der Waals surface area contributed by atoms with Crippen LogP contribution in [-0.2, 0) is 22.7 Å². The normalized spacial score (nSPS) is 17.5. The molecule has 0 radical (unpaired) electrons. The minimum atomic E-state index is -0.399. The summed E-state index contributed by atoms with van der Waals surface area (Å²) in [4.78, 5) is 29.6. The number of rotatable bonds is 8. The Bertz CT molecular complexity index is 1500. The molecule has 0 N–H and O–H groups in total. The number of allylic oxidation sites excluding steroid dienone is 4. The van der Waals surface area contributed by atoms with Crippen molar-refractivity contribution in [3.63, 3.8) is 0 Å². The molecule has 0 aromatic heterocycles. The summed E-state index contributed by atoms with van der Waals surface area (Å²) in [7, 11) is 0. The van der Waals surface area contributed by atoms with Gasteiger partial charge in [-0.2, -0.15) is 0 Å². The van der Waals surface area contributed by atoms with E-state index in [4.69, 9.17) is 21.1 Å². The molecule has 1 aliphatic heterocycles. The molecule has 0 amide bonds. The zero-order chi connectivity index (χ0) is 28.3. The highest BCUT2D eigenvalue weighted by molar-refractivity contribution is 6.31. The number of hydrogen-bond donors (Lipinski definition) is 0. The van der Waals surface area contributed by atoms with Gasteiger partial charge >= 0.3 is 0 Å². The van der Waals surface area contributed by atoms with Crippen molar-refractivity contribution in [3.8, 4) is 11.5 Å². The molecule has 41 heavy (non-hydrogen) atoms. The van der Waals surface area contributed by atoms with Crippen LogP contribution >= 0.6 is 11.6 Å². The molecule has 0 saturated heterocycles. The maximum Gasteiger partial charge on any atom is 0.161 e. The molecule has 0 bridgehead atoms. The summed E-state index contributed by atoms with van der Waals surface area (Å²) in [5.41, 5.74) is 6.63. The first-order valence-electron chi connectivity index (χ1n) is 14.5. The Labute approximate surface area is 246 Å². The molecule has 3 aromatic carbocycles. The second kappa shape index (κ2) is 12.0. The van der Waals surface area contributed by atoms with Gasteiger partial charge in [-0.05, 0) is 61.9 Å². The van der Waals surface area contributed by atoms with Crippen molar-refractivity contribution >= 4 is 23.2 Å². The van der Waals surface area contributed by atoms with E-state index in [-0.39, 0.29) is 11.6 Å². The predicted octanol–water partition coefficient (Wildman–Crippen LogP) is 7.93. The van der Waals surface area contributed by atoms with Crippen LogP contribution in [0.3, 0.4) is 0 Å². The van der Waals surface area contributed by atoms with Gasteiger partial charge in [0.05, 0.1) is 6.61 Å². The highest BCUT2D eigenvalue weighted by Gasteiger charge is 2.43. The lowest BCUT2D eigenvalue weighted by molar-refractivity contribution is -0.117. The third kappa shape index (κ3) is 5.43. The molecule has 2 aliphatic carbocycles. The average Bonchev–Trinajstić information content (AvgIpc) is 2.98. The van der Waals surface area contributed by atoms with Gasteiger partial charge in [-0.1, -0.05) is 66.2 Å². The maximum atomic E-state index is 13.7. The first-order chi connectivity index (χ1) is 20.0. The van der Waals surface area contributed by atoms with E-state index in [1.54, 1.807) is 0 Å². The first-order valence-corrected chi connectivity index (χ1v) is 14.9. The van der Waals surface area contributed by atoms with E-state index in [0.29, 0.717) is 49.1 Å². The molecule has 0 spiro atoms. The number of Topliss-reactive ketones (excluding diaryl/α,β-unsaturated/α-hetero) is 2.